The summed E-state index contributed by atoms with van der Waals surface area (Å²) in [5.74, 6) is 0. The van der Waals surface area contributed by atoms with Gasteiger partial charge in [0.15, 0.2) is 0 Å². The lowest BCUT2D eigenvalue weighted by molar-refractivity contribution is 0.175. The Labute approximate surface area is 111 Å². The van der Waals surface area contributed by atoms with Crippen molar-refractivity contribution in [2.75, 3.05) is 26.2 Å². The molecule has 1 fully saturated rings. The quantitative estimate of drug-likeness (QED) is 0.930. The van der Waals surface area contributed by atoms with Gasteiger partial charge in [-0.05, 0) is 11.6 Å². The Bertz CT molecular complexity index is 407. The van der Waals surface area contributed by atoms with E-state index in [9.17, 15) is 0 Å². The van der Waals surface area contributed by atoms with Crippen molar-refractivity contribution in [3.05, 3.63) is 34.3 Å². The number of piperazine rings is 1. The highest BCUT2D eigenvalue weighted by molar-refractivity contribution is 9.10. The highest BCUT2D eigenvalue weighted by Gasteiger charge is 2.23. The smallest absolute Gasteiger partial charge is 0.0641 e. The van der Waals surface area contributed by atoms with Gasteiger partial charge in [-0.25, -0.2) is 0 Å². The van der Waals surface area contributed by atoms with Crippen molar-refractivity contribution in [2.45, 2.75) is 12.5 Å². The van der Waals surface area contributed by atoms with Gasteiger partial charge in [-0.15, -0.1) is 0 Å². The van der Waals surface area contributed by atoms with Crippen molar-refractivity contribution in [2.24, 2.45) is 0 Å². The lowest BCUT2D eigenvalue weighted by Gasteiger charge is -2.34. The molecule has 1 heterocycles. The van der Waals surface area contributed by atoms with Crippen molar-refractivity contribution in [1.82, 2.24) is 10.2 Å². The first kappa shape index (κ1) is 12.6. The standard InChI is InChI=1S/C13H16BrN3/c14-12-4-2-1-3-11(12)13(5-6-15)17-9-7-16-8-10-17/h1-4,13,16H,5,7-10H2/t13-/m1/s1. The molecule has 1 aliphatic rings. The van der Waals surface area contributed by atoms with Gasteiger partial charge in [0.1, 0.15) is 0 Å². The normalized spacial score (nSPS) is 18.6. The minimum Gasteiger partial charge on any atom is -0.314 e. The van der Waals surface area contributed by atoms with Crippen LogP contribution in [0, 0.1) is 11.3 Å². The molecule has 1 atom stereocenters. The monoisotopic (exact) mass is 293 g/mol. The predicted octanol–water partition coefficient (Wildman–Crippen LogP) is 2.31. The summed E-state index contributed by atoms with van der Waals surface area (Å²) in [6.45, 7) is 4.03. The molecule has 0 amide bonds. The van der Waals surface area contributed by atoms with Gasteiger partial charge in [0.05, 0.1) is 12.5 Å². The van der Waals surface area contributed by atoms with Crippen LogP contribution in [-0.2, 0) is 0 Å². The molecule has 0 bridgehead atoms. The molecule has 1 saturated heterocycles. The first-order valence-corrected chi connectivity index (χ1v) is 6.68. The summed E-state index contributed by atoms with van der Waals surface area (Å²) in [6, 6.07) is 10.7. The molecule has 4 heteroatoms. The summed E-state index contributed by atoms with van der Waals surface area (Å²) >= 11 is 3.58. The van der Waals surface area contributed by atoms with Crippen LogP contribution in [0.5, 0.6) is 0 Å². The third-order valence-electron chi connectivity index (χ3n) is 3.14. The van der Waals surface area contributed by atoms with Crippen LogP contribution in [-0.4, -0.2) is 31.1 Å². The third kappa shape index (κ3) is 3.06. The zero-order valence-electron chi connectivity index (χ0n) is 9.69. The Kier molecular flexibility index (Phi) is 4.55. The van der Waals surface area contributed by atoms with Gasteiger partial charge in [0.2, 0.25) is 0 Å². The van der Waals surface area contributed by atoms with E-state index in [-0.39, 0.29) is 6.04 Å². The SMILES string of the molecule is N#CC[C@H](c1ccccc1Br)N1CCNCC1. The Morgan fingerprint density at radius 2 is 2.06 bits per heavy atom. The van der Waals surface area contributed by atoms with Crippen molar-refractivity contribution in [3.8, 4) is 6.07 Å². The van der Waals surface area contributed by atoms with E-state index >= 15 is 0 Å². The zero-order valence-corrected chi connectivity index (χ0v) is 11.3. The first-order valence-electron chi connectivity index (χ1n) is 5.89. The Morgan fingerprint density at radius 1 is 1.35 bits per heavy atom. The van der Waals surface area contributed by atoms with Crippen LogP contribution in [0.3, 0.4) is 0 Å². The molecule has 1 N–H and O–H groups in total. The summed E-state index contributed by atoms with van der Waals surface area (Å²) in [7, 11) is 0. The summed E-state index contributed by atoms with van der Waals surface area (Å²) in [5, 5.41) is 12.4. The van der Waals surface area contributed by atoms with Gasteiger partial charge in [0.25, 0.3) is 0 Å². The van der Waals surface area contributed by atoms with Crippen LogP contribution in [0.15, 0.2) is 28.7 Å². The van der Waals surface area contributed by atoms with Crippen LogP contribution in [0.2, 0.25) is 0 Å². The van der Waals surface area contributed by atoms with Crippen molar-refractivity contribution in [1.29, 1.82) is 5.26 Å². The maximum Gasteiger partial charge on any atom is 0.0641 e. The zero-order chi connectivity index (χ0) is 12.1. The average Bonchev–Trinajstić information content (AvgIpc) is 2.38. The number of nitrogens with one attached hydrogen (secondary N) is 1. The first-order chi connectivity index (χ1) is 8.33. The van der Waals surface area contributed by atoms with Crippen molar-refractivity contribution >= 4 is 15.9 Å². The van der Waals surface area contributed by atoms with Gasteiger partial charge in [-0.2, -0.15) is 5.26 Å². The molecule has 0 aliphatic carbocycles. The topological polar surface area (TPSA) is 39.1 Å². The molecule has 17 heavy (non-hydrogen) atoms. The van der Waals surface area contributed by atoms with E-state index in [1.54, 1.807) is 0 Å². The molecular formula is C13H16BrN3. The second-order valence-corrected chi connectivity index (χ2v) is 5.04. The number of halogens is 1. The largest absolute Gasteiger partial charge is 0.314 e. The van der Waals surface area contributed by atoms with Gasteiger partial charge in [-0.3, -0.25) is 4.90 Å². The minimum atomic E-state index is 0.206. The van der Waals surface area contributed by atoms with Crippen LogP contribution in [0.1, 0.15) is 18.0 Å². The number of nitriles is 1. The molecule has 0 aromatic heterocycles. The van der Waals surface area contributed by atoms with E-state index in [0.29, 0.717) is 6.42 Å². The Balaban J connectivity index is 2.22. The molecular weight excluding hydrogens is 278 g/mol. The van der Waals surface area contributed by atoms with Gasteiger partial charge in [0, 0.05) is 36.7 Å². The molecule has 2 rings (SSSR count). The van der Waals surface area contributed by atoms with Crippen LogP contribution in [0.4, 0.5) is 0 Å². The second-order valence-electron chi connectivity index (χ2n) is 4.19. The third-order valence-corrected chi connectivity index (χ3v) is 3.86. The second kappa shape index (κ2) is 6.15. The molecule has 3 nitrogen and oxygen atoms in total. The van der Waals surface area contributed by atoms with Crippen molar-refractivity contribution in [3.63, 3.8) is 0 Å². The lowest BCUT2D eigenvalue weighted by Crippen LogP contribution is -2.45. The summed E-state index contributed by atoms with van der Waals surface area (Å²) in [5.41, 5.74) is 1.22. The fourth-order valence-corrected chi connectivity index (χ4v) is 2.81. The highest BCUT2D eigenvalue weighted by atomic mass is 79.9. The van der Waals surface area contributed by atoms with Gasteiger partial charge >= 0.3 is 0 Å². The highest BCUT2D eigenvalue weighted by Crippen LogP contribution is 2.30. The Hall–Kier alpha value is -0.890. The lowest BCUT2D eigenvalue weighted by atomic mass is 10.0. The summed E-state index contributed by atoms with van der Waals surface area (Å²) in [4.78, 5) is 2.39. The number of hydrogen-bond donors (Lipinski definition) is 1. The van der Waals surface area contributed by atoms with E-state index < -0.39 is 0 Å². The van der Waals surface area contributed by atoms with E-state index in [1.165, 1.54) is 5.56 Å². The molecule has 1 aromatic carbocycles. The fourth-order valence-electron chi connectivity index (χ4n) is 2.26. The van der Waals surface area contributed by atoms with Gasteiger partial charge in [-0.1, -0.05) is 34.1 Å². The van der Waals surface area contributed by atoms with Gasteiger partial charge < -0.3 is 5.32 Å². The predicted molar refractivity (Wildman–Crippen MR) is 71.6 cm³/mol. The molecule has 0 saturated carbocycles. The number of benzene rings is 1. The maximum absolute atomic E-state index is 9.01. The van der Waals surface area contributed by atoms with Crippen LogP contribution >= 0.6 is 15.9 Å². The fraction of sp³-hybridized carbons (Fsp3) is 0.462. The molecule has 1 aromatic rings. The van der Waals surface area contributed by atoms with E-state index in [1.807, 2.05) is 18.2 Å². The molecule has 0 unspecified atom stereocenters. The van der Waals surface area contributed by atoms with Crippen LogP contribution < -0.4 is 5.32 Å². The molecule has 1 aliphatic heterocycles. The van der Waals surface area contributed by atoms with Crippen LogP contribution in [0.25, 0.3) is 0 Å². The molecule has 90 valence electrons. The summed E-state index contributed by atoms with van der Waals surface area (Å²) in [6.07, 6.45) is 0.544. The molecule has 0 radical (unpaired) electrons. The average molecular weight is 294 g/mol. The number of rotatable bonds is 3. The number of nitrogens with zero attached hydrogens (tertiary/aromatic N) is 2. The minimum absolute atomic E-state index is 0.206. The van der Waals surface area contributed by atoms with E-state index in [4.69, 9.17) is 5.26 Å². The molecule has 0 spiro atoms. The number of hydrogen-bond acceptors (Lipinski definition) is 3. The van der Waals surface area contributed by atoms with Crippen molar-refractivity contribution < 1.29 is 0 Å². The van der Waals surface area contributed by atoms with E-state index in [0.717, 1.165) is 30.7 Å². The maximum atomic E-state index is 9.01. The Morgan fingerprint density at radius 3 is 2.71 bits per heavy atom. The van der Waals surface area contributed by atoms with E-state index in [2.05, 4.69) is 38.3 Å². The summed E-state index contributed by atoms with van der Waals surface area (Å²) < 4.78 is 1.10.